The van der Waals surface area contributed by atoms with Gasteiger partial charge in [0.15, 0.2) is 12.4 Å². The molecule has 0 aliphatic carbocycles. The zero-order valence-corrected chi connectivity index (χ0v) is 18.8. The van der Waals surface area contributed by atoms with Crippen LogP contribution in [-0.2, 0) is 32.7 Å². The van der Waals surface area contributed by atoms with Gasteiger partial charge in [-0.05, 0) is 41.1 Å². The first-order valence-electron chi connectivity index (χ1n) is 10.1. The number of aryl methyl sites for hydroxylation is 1. The summed E-state index contributed by atoms with van der Waals surface area (Å²) in [5.74, 6) is -0.728. The quantitative estimate of drug-likeness (QED) is 0.471. The van der Waals surface area contributed by atoms with Crippen molar-refractivity contribution in [3.8, 4) is 0 Å². The molecule has 1 N–H and O–H groups in total. The number of carbonyl (C=O) groups is 2. The minimum absolute atomic E-state index is 0.0939. The van der Waals surface area contributed by atoms with Gasteiger partial charge in [0, 0.05) is 25.2 Å². The normalized spacial score (nSPS) is 11.5. The van der Waals surface area contributed by atoms with E-state index >= 15 is 0 Å². The molecular weight excluding hydrogens is 424 g/mol. The number of hydrogen-bond acceptors (Lipinski definition) is 8. The summed E-state index contributed by atoms with van der Waals surface area (Å²) in [6.07, 6.45) is 1.88. The maximum absolute atomic E-state index is 12.5. The maximum Gasteiger partial charge on any atom is 0.325 e. The first-order valence-corrected chi connectivity index (χ1v) is 11.6. The van der Waals surface area contributed by atoms with E-state index in [-0.39, 0.29) is 23.6 Å². The number of tetrazole rings is 1. The number of nitrogens with one attached hydrogen (secondary N) is 1. The van der Waals surface area contributed by atoms with Crippen molar-refractivity contribution in [2.45, 2.75) is 51.7 Å². The van der Waals surface area contributed by atoms with Gasteiger partial charge in [-0.3, -0.25) is 9.59 Å². The van der Waals surface area contributed by atoms with Gasteiger partial charge in [0.2, 0.25) is 10.0 Å². The second-order valence-electron chi connectivity index (χ2n) is 6.63. The van der Waals surface area contributed by atoms with Crippen LogP contribution < -0.4 is 5.32 Å². The Morgan fingerprint density at radius 2 is 1.81 bits per heavy atom. The number of rotatable bonds is 12. The largest absolute Gasteiger partial charge is 0.456 e. The third-order valence-electron chi connectivity index (χ3n) is 4.54. The van der Waals surface area contributed by atoms with E-state index in [9.17, 15) is 18.0 Å². The summed E-state index contributed by atoms with van der Waals surface area (Å²) >= 11 is 0. The molecule has 0 spiro atoms. The average molecular weight is 453 g/mol. The fourth-order valence-corrected chi connectivity index (χ4v) is 4.21. The van der Waals surface area contributed by atoms with Crippen LogP contribution in [0.5, 0.6) is 0 Å². The Kier molecular flexibility index (Phi) is 9.06. The SMILES string of the molecule is CCCCn1nnnc1COC(=O)CNC(=O)c1ccc(S(=O)(=O)N(CC)CC)cc1. The van der Waals surface area contributed by atoms with Crippen molar-refractivity contribution in [1.29, 1.82) is 0 Å². The van der Waals surface area contributed by atoms with Crippen LogP contribution in [-0.4, -0.2) is 64.4 Å². The van der Waals surface area contributed by atoms with Gasteiger partial charge in [0.25, 0.3) is 5.91 Å². The molecule has 1 heterocycles. The van der Waals surface area contributed by atoms with Crippen molar-refractivity contribution >= 4 is 21.9 Å². The van der Waals surface area contributed by atoms with Crippen LogP contribution in [0.3, 0.4) is 0 Å². The number of aromatic nitrogens is 4. The summed E-state index contributed by atoms with van der Waals surface area (Å²) < 4.78 is 33.0. The van der Waals surface area contributed by atoms with Gasteiger partial charge in [-0.15, -0.1) is 5.10 Å². The van der Waals surface area contributed by atoms with E-state index in [0.717, 1.165) is 12.8 Å². The smallest absolute Gasteiger partial charge is 0.325 e. The van der Waals surface area contributed by atoms with Crippen LogP contribution in [0.2, 0.25) is 0 Å². The topological polar surface area (TPSA) is 136 Å². The molecule has 170 valence electrons. The monoisotopic (exact) mass is 452 g/mol. The third kappa shape index (κ3) is 6.56. The molecule has 0 bridgehead atoms. The summed E-state index contributed by atoms with van der Waals surface area (Å²) in [7, 11) is -3.60. The van der Waals surface area contributed by atoms with Gasteiger partial charge < -0.3 is 10.1 Å². The maximum atomic E-state index is 12.5. The fourth-order valence-electron chi connectivity index (χ4n) is 2.75. The highest BCUT2D eigenvalue weighted by Gasteiger charge is 2.21. The van der Waals surface area contributed by atoms with E-state index in [4.69, 9.17) is 4.74 Å². The lowest BCUT2D eigenvalue weighted by molar-refractivity contribution is -0.144. The van der Waals surface area contributed by atoms with Crippen molar-refractivity contribution in [2.24, 2.45) is 0 Å². The summed E-state index contributed by atoms with van der Waals surface area (Å²) in [4.78, 5) is 24.3. The molecule has 11 nitrogen and oxygen atoms in total. The number of benzene rings is 1. The van der Waals surface area contributed by atoms with Crippen LogP contribution in [0.25, 0.3) is 0 Å². The standard InChI is InChI=1S/C19H28N6O5S/c1-4-7-12-25-17(21-22-23-25)14-30-18(26)13-20-19(27)15-8-10-16(11-9-15)31(28,29)24(5-2)6-3/h8-11H,4-7,12-14H2,1-3H3,(H,20,27). The van der Waals surface area contributed by atoms with Gasteiger partial charge in [0.1, 0.15) is 6.54 Å². The Labute approximate surface area is 181 Å². The number of unbranched alkanes of at least 4 members (excludes halogenated alkanes) is 1. The number of ether oxygens (including phenoxy) is 1. The van der Waals surface area contributed by atoms with Gasteiger partial charge in [0.05, 0.1) is 4.90 Å². The summed E-state index contributed by atoms with van der Waals surface area (Å²) in [5.41, 5.74) is 0.231. The number of nitrogens with zero attached hydrogens (tertiary/aromatic N) is 5. The Hall–Kier alpha value is -2.86. The number of amides is 1. The second kappa shape index (κ2) is 11.5. The number of esters is 1. The van der Waals surface area contributed by atoms with Gasteiger partial charge in [-0.25, -0.2) is 13.1 Å². The second-order valence-corrected chi connectivity index (χ2v) is 8.57. The Morgan fingerprint density at radius 1 is 1.13 bits per heavy atom. The van der Waals surface area contributed by atoms with E-state index in [0.29, 0.717) is 25.5 Å². The fraction of sp³-hybridized carbons (Fsp3) is 0.526. The highest BCUT2D eigenvalue weighted by Crippen LogP contribution is 2.16. The Morgan fingerprint density at radius 3 is 2.42 bits per heavy atom. The Balaban J connectivity index is 1.87. The molecule has 1 amide bonds. The highest BCUT2D eigenvalue weighted by atomic mass is 32.2. The van der Waals surface area contributed by atoms with Crippen molar-refractivity contribution in [3.05, 3.63) is 35.7 Å². The molecule has 1 aromatic carbocycles. The van der Waals surface area contributed by atoms with Crippen molar-refractivity contribution in [3.63, 3.8) is 0 Å². The number of sulfonamides is 1. The zero-order valence-electron chi connectivity index (χ0n) is 17.9. The zero-order chi connectivity index (χ0) is 22.9. The minimum atomic E-state index is -3.60. The molecule has 0 fully saturated rings. The lowest BCUT2D eigenvalue weighted by atomic mass is 10.2. The molecule has 0 aliphatic heterocycles. The summed E-state index contributed by atoms with van der Waals surface area (Å²) in [6, 6.07) is 5.55. The Bertz CT molecular complexity index is 970. The predicted molar refractivity (Wildman–Crippen MR) is 111 cm³/mol. The van der Waals surface area contributed by atoms with E-state index in [1.165, 1.54) is 28.6 Å². The van der Waals surface area contributed by atoms with Crippen molar-refractivity contribution < 1.29 is 22.7 Å². The van der Waals surface area contributed by atoms with Crippen molar-refractivity contribution in [1.82, 2.24) is 29.8 Å². The van der Waals surface area contributed by atoms with Crippen LogP contribution >= 0.6 is 0 Å². The van der Waals surface area contributed by atoms with E-state index < -0.39 is 21.9 Å². The molecule has 2 rings (SSSR count). The van der Waals surface area contributed by atoms with E-state index in [1.807, 2.05) is 6.92 Å². The van der Waals surface area contributed by atoms with Crippen molar-refractivity contribution in [2.75, 3.05) is 19.6 Å². The van der Waals surface area contributed by atoms with Crippen LogP contribution in [0.15, 0.2) is 29.2 Å². The number of carbonyl (C=O) groups excluding carboxylic acids is 2. The van der Waals surface area contributed by atoms with Crippen LogP contribution in [0.4, 0.5) is 0 Å². The predicted octanol–water partition coefficient (Wildman–Crippen LogP) is 0.977. The molecule has 31 heavy (non-hydrogen) atoms. The molecule has 0 saturated carbocycles. The molecule has 0 saturated heterocycles. The van der Waals surface area contributed by atoms with Gasteiger partial charge in [-0.2, -0.15) is 4.31 Å². The van der Waals surface area contributed by atoms with E-state index in [2.05, 4.69) is 20.8 Å². The molecule has 0 atom stereocenters. The molecule has 0 aliphatic rings. The van der Waals surface area contributed by atoms with Crippen LogP contribution in [0.1, 0.15) is 49.8 Å². The molecule has 0 unspecified atom stereocenters. The number of hydrogen-bond donors (Lipinski definition) is 1. The minimum Gasteiger partial charge on any atom is -0.456 e. The van der Waals surface area contributed by atoms with Crippen LogP contribution in [0, 0.1) is 0 Å². The van der Waals surface area contributed by atoms with E-state index in [1.54, 1.807) is 18.5 Å². The third-order valence-corrected chi connectivity index (χ3v) is 6.61. The average Bonchev–Trinajstić information content (AvgIpc) is 3.22. The van der Waals surface area contributed by atoms with Gasteiger partial charge in [-0.1, -0.05) is 27.2 Å². The lowest BCUT2D eigenvalue weighted by Gasteiger charge is -2.18. The first kappa shape index (κ1) is 24.4. The molecule has 2 aromatic rings. The first-order chi connectivity index (χ1) is 14.8. The molecule has 1 aromatic heterocycles. The molecule has 0 radical (unpaired) electrons. The molecular formula is C19H28N6O5S. The highest BCUT2D eigenvalue weighted by molar-refractivity contribution is 7.89. The summed E-state index contributed by atoms with van der Waals surface area (Å²) in [6.45, 7) is 6.47. The summed E-state index contributed by atoms with van der Waals surface area (Å²) in [5, 5.41) is 13.7. The van der Waals surface area contributed by atoms with Gasteiger partial charge >= 0.3 is 5.97 Å². The lowest BCUT2D eigenvalue weighted by Crippen LogP contribution is -2.31. The molecule has 12 heteroatoms.